The summed E-state index contributed by atoms with van der Waals surface area (Å²) in [4.78, 5) is 12.2. The molecule has 0 saturated heterocycles. The lowest BCUT2D eigenvalue weighted by atomic mass is 9.94. The van der Waals surface area contributed by atoms with E-state index in [9.17, 15) is 9.18 Å². The van der Waals surface area contributed by atoms with Crippen LogP contribution in [0.3, 0.4) is 0 Å². The molecule has 0 aliphatic heterocycles. The van der Waals surface area contributed by atoms with Crippen LogP contribution in [0.15, 0.2) is 18.2 Å². The minimum Gasteiger partial charge on any atom is -0.348 e. The molecule has 0 bridgehead atoms. The Hall–Kier alpha value is -1.03. The molecule has 4 heteroatoms. The molecule has 2 nitrogen and oxygen atoms in total. The van der Waals surface area contributed by atoms with E-state index in [0.717, 1.165) is 19.3 Å². The van der Waals surface area contributed by atoms with Crippen LogP contribution >= 0.6 is 11.8 Å². The summed E-state index contributed by atoms with van der Waals surface area (Å²) in [5, 5.41) is 3.45. The van der Waals surface area contributed by atoms with Crippen molar-refractivity contribution >= 4 is 17.7 Å². The normalized spacial score (nSPS) is 23.1. The lowest BCUT2D eigenvalue weighted by molar-refractivity contribution is 0.0925. The number of halogens is 1. The van der Waals surface area contributed by atoms with Crippen molar-refractivity contribution in [3.8, 4) is 0 Å². The van der Waals surface area contributed by atoms with Crippen LogP contribution in [-0.4, -0.2) is 23.5 Å². The number of nitrogens with one attached hydrogen (secondary N) is 1. The van der Waals surface area contributed by atoms with Gasteiger partial charge in [-0.15, -0.1) is 0 Å². The van der Waals surface area contributed by atoms with Gasteiger partial charge >= 0.3 is 0 Å². The van der Waals surface area contributed by atoms with E-state index in [-0.39, 0.29) is 17.5 Å². The van der Waals surface area contributed by atoms with E-state index >= 15 is 0 Å². The van der Waals surface area contributed by atoms with Crippen molar-refractivity contribution in [2.45, 2.75) is 43.9 Å². The Morgan fingerprint density at radius 1 is 1.37 bits per heavy atom. The average Bonchev–Trinajstić information content (AvgIpc) is 2.42. The van der Waals surface area contributed by atoms with Gasteiger partial charge in [0, 0.05) is 11.3 Å². The molecule has 0 aromatic heterocycles. The van der Waals surface area contributed by atoms with Crippen molar-refractivity contribution in [2.24, 2.45) is 0 Å². The highest BCUT2D eigenvalue weighted by molar-refractivity contribution is 7.99. The van der Waals surface area contributed by atoms with Crippen LogP contribution in [0.4, 0.5) is 4.39 Å². The van der Waals surface area contributed by atoms with Crippen molar-refractivity contribution in [2.75, 3.05) is 6.26 Å². The number of aryl methyl sites for hydroxylation is 1. The van der Waals surface area contributed by atoms with Gasteiger partial charge in [0.2, 0.25) is 0 Å². The molecule has 19 heavy (non-hydrogen) atoms. The molecule has 2 rings (SSSR count). The summed E-state index contributed by atoms with van der Waals surface area (Å²) in [7, 11) is 0. The zero-order chi connectivity index (χ0) is 13.8. The fourth-order valence-electron chi connectivity index (χ4n) is 2.61. The average molecular weight is 281 g/mol. The highest BCUT2D eigenvalue weighted by Crippen LogP contribution is 2.27. The minimum absolute atomic E-state index is 0.158. The zero-order valence-corrected chi connectivity index (χ0v) is 12.2. The molecule has 1 saturated carbocycles. The van der Waals surface area contributed by atoms with Gasteiger partial charge in [-0.25, -0.2) is 4.39 Å². The summed E-state index contributed by atoms with van der Waals surface area (Å²) < 4.78 is 13.9. The first kappa shape index (κ1) is 14.4. The summed E-state index contributed by atoms with van der Waals surface area (Å²) in [6.45, 7) is 1.68. The van der Waals surface area contributed by atoms with Gasteiger partial charge in [0.05, 0.1) is 5.56 Å². The summed E-state index contributed by atoms with van der Waals surface area (Å²) in [5.41, 5.74) is 0.670. The molecule has 104 valence electrons. The molecule has 0 spiro atoms. The number of carbonyl (C=O) groups is 1. The number of hydrogen-bond acceptors (Lipinski definition) is 2. The van der Waals surface area contributed by atoms with Gasteiger partial charge in [-0.1, -0.05) is 25.0 Å². The smallest absolute Gasteiger partial charge is 0.254 e. The lowest BCUT2D eigenvalue weighted by Gasteiger charge is -2.31. The van der Waals surface area contributed by atoms with Crippen LogP contribution in [0.2, 0.25) is 0 Å². The summed E-state index contributed by atoms with van der Waals surface area (Å²) in [6.07, 6.45) is 6.55. The maximum atomic E-state index is 13.9. The Kier molecular flexibility index (Phi) is 4.86. The van der Waals surface area contributed by atoms with Gasteiger partial charge < -0.3 is 5.32 Å². The molecule has 1 aromatic rings. The monoisotopic (exact) mass is 281 g/mol. The second kappa shape index (κ2) is 6.42. The van der Waals surface area contributed by atoms with Crippen molar-refractivity contribution in [3.63, 3.8) is 0 Å². The van der Waals surface area contributed by atoms with Gasteiger partial charge in [0.1, 0.15) is 5.82 Å². The molecule has 1 N–H and O–H groups in total. The van der Waals surface area contributed by atoms with Crippen LogP contribution < -0.4 is 5.32 Å². The number of thioether (sulfide) groups is 1. The van der Waals surface area contributed by atoms with E-state index in [4.69, 9.17) is 0 Å². The van der Waals surface area contributed by atoms with Crippen LogP contribution in [0, 0.1) is 12.7 Å². The largest absolute Gasteiger partial charge is 0.348 e. The van der Waals surface area contributed by atoms with Crippen LogP contribution in [0.25, 0.3) is 0 Å². The number of benzene rings is 1. The number of hydrogen-bond donors (Lipinski definition) is 1. The van der Waals surface area contributed by atoms with Gasteiger partial charge in [0.15, 0.2) is 0 Å². The standard InChI is InChI=1S/C15H20FNOS/c1-10-6-5-7-11(14(10)16)15(18)17-12-8-3-4-9-13(12)19-2/h5-7,12-13H,3-4,8-9H2,1-2H3,(H,17,18). The Morgan fingerprint density at radius 2 is 2.11 bits per heavy atom. The highest BCUT2D eigenvalue weighted by Gasteiger charge is 2.26. The Labute approximate surface area is 118 Å². The van der Waals surface area contributed by atoms with Crippen molar-refractivity contribution in [3.05, 3.63) is 35.1 Å². The van der Waals surface area contributed by atoms with Crippen LogP contribution in [0.5, 0.6) is 0 Å². The van der Waals surface area contributed by atoms with Gasteiger partial charge in [-0.2, -0.15) is 11.8 Å². The third-order valence-electron chi connectivity index (χ3n) is 3.76. The van der Waals surface area contributed by atoms with Gasteiger partial charge in [-0.3, -0.25) is 4.79 Å². The molecular weight excluding hydrogens is 261 g/mol. The van der Waals surface area contributed by atoms with Gasteiger partial charge in [0.25, 0.3) is 5.91 Å². The second-order valence-corrected chi connectivity index (χ2v) is 6.15. The predicted octanol–water partition coefficient (Wildman–Crippen LogP) is 3.54. The fourth-order valence-corrected chi connectivity index (χ4v) is 3.55. The SMILES string of the molecule is CSC1CCCCC1NC(=O)c1cccc(C)c1F. The molecule has 2 atom stereocenters. The third-order valence-corrected chi connectivity index (χ3v) is 4.93. The molecule has 1 amide bonds. The number of rotatable bonds is 3. The molecule has 1 aliphatic rings. The third kappa shape index (κ3) is 3.30. The van der Waals surface area contributed by atoms with E-state index in [2.05, 4.69) is 11.6 Å². The molecule has 1 aromatic carbocycles. The van der Waals surface area contributed by atoms with E-state index in [1.807, 2.05) is 0 Å². The van der Waals surface area contributed by atoms with Crippen LogP contribution in [0.1, 0.15) is 41.6 Å². The fraction of sp³-hybridized carbons (Fsp3) is 0.533. The maximum Gasteiger partial charge on any atom is 0.254 e. The highest BCUT2D eigenvalue weighted by atomic mass is 32.2. The molecule has 0 radical (unpaired) electrons. The van der Waals surface area contributed by atoms with Crippen molar-refractivity contribution in [1.29, 1.82) is 0 Å². The first-order valence-electron chi connectivity index (χ1n) is 6.72. The van der Waals surface area contributed by atoms with Crippen LogP contribution in [-0.2, 0) is 0 Å². The summed E-state index contributed by atoms with van der Waals surface area (Å²) in [6, 6.07) is 5.11. The molecule has 1 aliphatic carbocycles. The second-order valence-electron chi connectivity index (χ2n) is 5.08. The molecule has 2 unspecified atom stereocenters. The molecular formula is C15H20FNOS. The quantitative estimate of drug-likeness (QED) is 0.918. The van der Waals surface area contributed by atoms with E-state index < -0.39 is 5.82 Å². The Bertz CT molecular complexity index is 463. The minimum atomic E-state index is -0.406. The van der Waals surface area contributed by atoms with Crippen molar-refractivity contribution < 1.29 is 9.18 Å². The predicted molar refractivity (Wildman–Crippen MR) is 78.2 cm³/mol. The number of carbonyl (C=O) groups excluding carboxylic acids is 1. The maximum absolute atomic E-state index is 13.9. The Balaban J connectivity index is 2.09. The topological polar surface area (TPSA) is 29.1 Å². The summed E-state index contributed by atoms with van der Waals surface area (Å²) >= 11 is 1.79. The summed E-state index contributed by atoms with van der Waals surface area (Å²) in [5.74, 6) is -0.691. The van der Waals surface area contributed by atoms with Gasteiger partial charge in [-0.05, 0) is 37.7 Å². The first-order valence-corrected chi connectivity index (χ1v) is 8.01. The molecule has 0 heterocycles. The van der Waals surface area contributed by atoms with E-state index in [1.165, 1.54) is 6.42 Å². The number of amides is 1. The Morgan fingerprint density at radius 3 is 2.84 bits per heavy atom. The van der Waals surface area contributed by atoms with Crippen molar-refractivity contribution in [1.82, 2.24) is 5.32 Å². The first-order chi connectivity index (χ1) is 9.13. The molecule has 1 fully saturated rings. The lowest BCUT2D eigenvalue weighted by Crippen LogP contribution is -2.43. The zero-order valence-electron chi connectivity index (χ0n) is 11.4. The van der Waals surface area contributed by atoms with E-state index in [1.54, 1.807) is 36.9 Å². The van der Waals surface area contributed by atoms with E-state index in [0.29, 0.717) is 10.8 Å².